The van der Waals surface area contributed by atoms with Crippen LogP contribution in [0.4, 0.5) is 4.39 Å². The van der Waals surface area contributed by atoms with Crippen LogP contribution in [0.1, 0.15) is 5.56 Å². The van der Waals surface area contributed by atoms with Gasteiger partial charge in [-0.05, 0) is 36.4 Å². The van der Waals surface area contributed by atoms with Crippen molar-refractivity contribution in [3.8, 4) is 17.3 Å². The molecule has 0 saturated heterocycles. The van der Waals surface area contributed by atoms with Crippen molar-refractivity contribution in [2.75, 3.05) is 0 Å². The number of aromatic nitrogens is 2. The van der Waals surface area contributed by atoms with Crippen molar-refractivity contribution >= 4 is 10.8 Å². The second kappa shape index (κ2) is 6.28. The Morgan fingerprint density at radius 1 is 1.08 bits per heavy atom. The predicted octanol–water partition coefficient (Wildman–Crippen LogP) is 4.45. The maximum atomic E-state index is 14.1. The van der Waals surface area contributed by atoms with Crippen LogP contribution in [0.3, 0.4) is 0 Å². The SMILES string of the molecule is Oc1c2ccccc2cn1-c1ccc(F)c(COc2cccnc2)c1. The topological polar surface area (TPSA) is 47.3 Å². The highest BCUT2D eigenvalue weighted by Crippen LogP contribution is 2.30. The van der Waals surface area contributed by atoms with Gasteiger partial charge in [-0.1, -0.05) is 18.2 Å². The number of aromatic hydroxyl groups is 1. The molecule has 2 aromatic carbocycles. The molecule has 2 aromatic heterocycles. The van der Waals surface area contributed by atoms with Crippen LogP contribution >= 0.6 is 0 Å². The van der Waals surface area contributed by atoms with Crippen molar-refractivity contribution < 1.29 is 14.2 Å². The Labute approximate surface area is 143 Å². The van der Waals surface area contributed by atoms with Crippen LogP contribution in [0.2, 0.25) is 0 Å². The molecular weight excluding hydrogens is 319 g/mol. The van der Waals surface area contributed by atoms with E-state index in [1.165, 1.54) is 6.07 Å². The maximum Gasteiger partial charge on any atom is 0.203 e. The first-order valence-electron chi connectivity index (χ1n) is 7.83. The monoisotopic (exact) mass is 334 g/mol. The van der Waals surface area contributed by atoms with Crippen molar-refractivity contribution in [3.63, 3.8) is 0 Å². The highest BCUT2D eigenvalue weighted by atomic mass is 19.1. The molecule has 4 nitrogen and oxygen atoms in total. The fourth-order valence-electron chi connectivity index (χ4n) is 2.76. The minimum atomic E-state index is -0.358. The Hall–Kier alpha value is -3.34. The van der Waals surface area contributed by atoms with E-state index in [0.29, 0.717) is 17.0 Å². The summed E-state index contributed by atoms with van der Waals surface area (Å²) in [5.41, 5.74) is 1.07. The molecule has 1 N–H and O–H groups in total. The minimum absolute atomic E-state index is 0.0763. The Bertz CT molecular complexity index is 1030. The van der Waals surface area contributed by atoms with Crippen LogP contribution in [0.25, 0.3) is 16.5 Å². The molecular formula is C20H15FN2O2. The van der Waals surface area contributed by atoms with E-state index in [0.717, 1.165) is 10.8 Å². The zero-order valence-electron chi connectivity index (χ0n) is 13.3. The molecule has 0 aliphatic rings. The number of fused-ring (bicyclic) bond motifs is 1. The molecule has 0 aliphatic heterocycles. The fraction of sp³-hybridized carbons (Fsp3) is 0.0500. The smallest absolute Gasteiger partial charge is 0.203 e. The molecule has 0 bridgehead atoms. The number of hydrogen-bond donors (Lipinski definition) is 1. The number of benzene rings is 2. The van der Waals surface area contributed by atoms with Gasteiger partial charge < -0.3 is 9.84 Å². The van der Waals surface area contributed by atoms with Gasteiger partial charge in [0, 0.05) is 34.4 Å². The van der Waals surface area contributed by atoms with Crippen LogP contribution in [0, 0.1) is 5.82 Å². The molecule has 0 atom stereocenters. The minimum Gasteiger partial charge on any atom is -0.494 e. The van der Waals surface area contributed by atoms with E-state index in [1.54, 1.807) is 41.2 Å². The van der Waals surface area contributed by atoms with Gasteiger partial charge in [0.05, 0.1) is 6.20 Å². The summed E-state index contributed by atoms with van der Waals surface area (Å²) in [5, 5.41) is 12.1. The first kappa shape index (κ1) is 15.2. The van der Waals surface area contributed by atoms with Gasteiger partial charge in [0.1, 0.15) is 18.2 Å². The molecule has 25 heavy (non-hydrogen) atoms. The average molecular weight is 334 g/mol. The van der Waals surface area contributed by atoms with Gasteiger partial charge in [-0.25, -0.2) is 4.39 Å². The number of hydrogen-bond acceptors (Lipinski definition) is 3. The van der Waals surface area contributed by atoms with E-state index in [2.05, 4.69) is 4.98 Å². The largest absolute Gasteiger partial charge is 0.494 e. The van der Waals surface area contributed by atoms with Crippen molar-refractivity contribution in [2.45, 2.75) is 6.61 Å². The number of pyridine rings is 1. The molecule has 0 aliphatic carbocycles. The van der Waals surface area contributed by atoms with Gasteiger partial charge in [0.25, 0.3) is 0 Å². The van der Waals surface area contributed by atoms with Gasteiger partial charge in [0.15, 0.2) is 0 Å². The van der Waals surface area contributed by atoms with E-state index < -0.39 is 0 Å². The maximum absolute atomic E-state index is 14.1. The molecule has 0 fully saturated rings. The zero-order chi connectivity index (χ0) is 17.2. The second-order valence-corrected chi connectivity index (χ2v) is 5.66. The summed E-state index contributed by atoms with van der Waals surface area (Å²) in [7, 11) is 0. The summed E-state index contributed by atoms with van der Waals surface area (Å²) in [6.45, 7) is 0.0763. The first-order valence-corrected chi connectivity index (χ1v) is 7.83. The van der Waals surface area contributed by atoms with Gasteiger partial charge in [-0.3, -0.25) is 9.55 Å². The number of nitrogens with zero attached hydrogens (tertiary/aromatic N) is 2. The molecule has 4 aromatic rings. The van der Waals surface area contributed by atoms with E-state index in [9.17, 15) is 9.50 Å². The number of rotatable bonds is 4. The van der Waals surface area contributed by atoms with Crippen molar-refractivity contribution in [1.82, 2.24) is 9.55 Å². The molecule has 0 spiro atoms. The van der Waals surface area contributed by atoms with E-state index >= 15 is 0 Å². The fourth-order valence-corrected chi connectivity index (χ4v) is 2.76. The summed E-state index contributed by atoms with van der Waals surface area (Å²) in [5.74, 6) is 0.340. The van der Waals surface area contributed by atoms with Gasteiger partial charge in [0.2, 0.25) is 5.88 Å². The van der Waals surface area contributed by atoms with Gasteiger partial charge in [-0.2, -0.15) is 0 Å². The van der Waals surface area contributed by atoms with Crippen molar-refractivity contribution in [2.24, 2.45) is 0 Å². The van der Waals surface area contributed by atoms with Crippen molar-refractivity contribution in [3.05, 3.63) is 84.6 Å². The summed E-state index contributed by atoms with van der Waals surface area (Å²) < 4.78 is 21.3. The second-order valence-electron chi connectivity index (χ2n) is 5.66. The molecule has 5 heteroatoms. The molecule has 124 valence electrons. The third kappa shape index (κ3) is 2.92. The molecule has 2 heterocycles. The number of ether oxygens (including phenoxy) is 1. The normalized spacial score (nSPS) is 10.9. The van der Waals surface area contributed by atoms with Crippen LogP contribution < -0.4 is 4.74 Å². The van der Waals surface area contributed by atoms with E-state index in [-0.39, 0.29) is 18.3 Å². The average Bonchev–Trinajstić information content (AvgIpc) is 2.99. The quantitative estimate of drug-likeness (QED) is 0.600. The molecule has 0 saturated carbocycles. The van der Waals surface area contributed by atoms with Gasteiger partial charge in [-0.15, -0.1) is 0 Å². The highest BCUT2D eigenvalue weighted by Gasteiger charge is 2.11. The summed E-state index contributed by atoms with van der Waals surface area (Å²) in [6.07, 6.45) is 5.05. The molecule has 4 rings (SSSR count). The lowest BCUT2D eigenvalue weighted by Gasteiger charge is -2.10. The Kier molecular flexibility index (Phi) is 3.82. The standard InChI is InChI=1S/C20H15FN2O2/c21-19-8-7-16(10-15(19)13-25-17-5-3-9-22-11-17)23-12-14-4-1-2-6-18(14)20(23)24/h1-12,24H,13H2. The van der Waals surface area contributed by atoms with E-state index in [1.807, 2.05) is 30.5 Å². The Morgan fingerprint density at radius 3 is 2.76 bits per heavy atom. The lowest BCUT2D eigenvalue weighted by molar-refractivity contribution is 0.298. The van der Waals surface area contributed by atoms with Crippen LogP contribution in [-0.4, -0.2) is 14.7 Å². The summed E-state index contributed by atoms with van der Waals surface area (Å²) >= 11 is 0. The van der Waals surface area contributed by atoms with Crippen LogP contribution in [-0.2, 0) is 6.61 Å². The third-order valence-corrected chi connectivity index (χ3v) is 4.03. The Morgan fingerprint density at radius 2 is 1.96 bits per heavy atom. The Balaban J connectivity index is 1.67. The van der Waals surface area contributed by atoms with Crippen LogP contribution in [0.15, 0.2) is 73.2 Å². The molecule has 0 radical (unpaired) electrons. The summed E-state index contributed by atoms with van der Waals surface area (Å²) in [6, 6.07) is 15.7. The van der Waals surface area contributed by atoms with Crippen LogP contribution in [0.5, 0.6) is 11.6 Å². The predicted molar refractivity (Wildman–Crippen MR) is 93.5 cm³/mol. The first-order chi connectivity index (χ1) is 12.2. The summed E-state index contributed by atoms with van der Waals surface area (Å²) in [4.78, 5) is 3.96. The van der Waals surface area contributed by atoms with Gasteiger partial charge >= 0.3 is 0 Å². The zero-order valence-corrected chi connectivity index (χ0v) is 13.3. The van der Waals surface area contributed by atoms with E-state index in [4.69, 9.17) is 4.74 Å². The molecule has 0 unspecified atom stereocenters. The number of halogens is 1. The lowest BCUT2D eigenvalue weighted by Crippen LogP contribution is -2.01. The molecule has 0 amide bonds. The third-order valence-electron chi connectivity index (χ3n) is 4.03. The highest BCUT2D eigenvalue weighted by molar-refractivity contribution is 5.88. The van der Waals surface area contributed by atoms with Crippen molar-refractivity contribution in [1.29, 1.82) is 0 Å². The lowest BCUT2D eigenvalue weighted by atomic mass is 10.2.